The Morgan fingerprint density at radius 3 is 2.14 bits per heavy atom. The van der Waals surface area contributed by atoms with Gasteiger partial charge in [0.15, 0.2) is 0 Å². The van der Waals surface area contributed by atoms with E-state index in [-0.39, 0.29) is 16.9 Å². The Hall–Kier alpha value is -2.99. The van der Waals surface area contributed by atoms with Gasteiger partial charge in [0, 0.05) is 25.6 Å². The van der Waals surface area contributed by atoms with E-state index in [4.69, 9.17) is 9.47 Å². The standard InChI is InChI=1S/C39H51NO4/c1-27-18-20-29(21-19-27)34(33(36(42)44-37(2,3)4)35(41)30-16-12-9-13-17-30)40(25-28-14-10-8-11-15-28)26-39-23-22-31(38(39,5)6)24-32(39)43-7/h8-21,31-35,41H,22-26H2,1-7H3/t31-,32-,33+,34-,35+,39-/m1/s1. The Balaban J connectivity index is 1.70. The molecule has 2 aliphatic carbocycles. The largest absolute Gasteiger partial charge is 0.460 e. The summed E-state index contributed by atoms with van der Waals surface area (Å²) in [6.45, 7) is 13.9. The van der Waals surface area contributed by atoms with Gasteiger partial charge in [-0.25, -0.2) is 0 Å². The van der Waals surface area contributed by atoms with Crippen LogP contribution >= 0.6 is 0 Å². The van der Waals surface area contributed by atoms with Crippen molar-refractivity contribution in [1.82, 2.24) is 4.90 Å². The molecule has 1 N–H and O–H groups in total. The minimum Gasteiger partial charge on any atom is -0.460 e. The van der Waals surface area contributed by atoms with Crippen LogP contribution in [0.25, 0.3) is 0 Å². The SMILES string of the molecule is CO[C@@H]1C[C@H]2CC[C@]1(CN(Cc1ccccc1)[C@H](c1ccc(C)cc1)[C@H](C(=O)OC(C)(C)C)[C@@H](O)c1ccccc1)C2(C)C. The van der Waals surface area contributed by atoms with Gasteiger partial charge in [0.05, 0.1) is 18.2 Å². The molecule has 3 aromatic carbocycles. The lowest BCUT2D eigenvalue weighted by atomic mass is 9.67. The summed E-state index contributed by atoms with van der Waals surface area (Å²) < 4.78 is 12.4. The Labute approximate surface area is 264 Å². The van der Waals surface area contributed by atoms with E-state index in [0.717, 1.165) is 36.1 Å². The summed E-state index contributed by atoms with van der Waals surface area (Å²) in [5, 5.41) is 12.2. The smallest absolute Gasteiger partial charge is 0.314 e. The monoisotopic (exact) mass is 597 g/mol. The second-order valence-corrected chi connectivity index (χ2v) is 14.7. The highest BCUT2D eigenvalue weighted by atomic mass is 16.6. The summed E-state index contributed by atoms with van der Waals surface area (Å²) in [6, 6.07) is 28.0. The highest BCUT2D eigenvalue weighted by Gasteiger charge is 2.65. The Bertz CT molecular complexity index is 1380. The fourth-order valence-corrected chi connectivity index (χ4v) is 8.20. The molecule has 5 rings (SSSR count). The zero-order valence-corrected chi connectivity index (χ0v) is 27.6. The van der Waals surface area contributed by atoms with Gasteiger partial charge >= 0.3 is 5.97 Å². The normalized spacial score (nSPS) is 24.7. The number of carbonyl (C=O) groups is 1. The van der Waals surface area contributed by atoms with Crippen LogP contribution in [0.5, 0.6) is 0 Å². The minimum absolute atomic E-state index is 0.0693. The van der Waals surface area contributed by atoms with Crippen molar-refractivity contribution in [3.63, 3.8) is 0 Å². The van der Waals surface area contributed by atoms with Gasteiger partial charge in [-0.2, -0.15) is 0 Å². The molecular formula is C39H51NO4. The zero-order chi connectivity index (χ0) is 31.7. The summed E-state index contributed by atoms with van der Waals surface area (Å²) in [4.78, 5) is 16.9. The number of aliphatic hydroxyl groups excluding tert-OH is 1. The number of ether oxygens (including phenoxy) is 2. The molecule has 3 aromatic rings. The summed E-state index contributed by atoms with van der Waals surface area (Å²) in [7, 11) is 1.85. The van der Waals surface area contributed by atoms with E-state index in [1.807, 2.05) is 64.3 Å². The third-order valence-corrected chi connectivity index (χ3v) is 10.7. The number of hydrogen-bond acceptors (Lipinski definition) is 5. The van der Waals surface area contributed by atoms with Gasteiger partial charge in [-0.15, -0.1) is 0 Å². The van der Waals surface area contributed by atoms with E-state index in [1.165, 1.54) is 6.42 Å². The number of nitrogens with zero attached hydrogens (tertiary/aromatic N) is 1. The maximum absolute atomic E-state index is 14.4. The molecule has 44 heavy (non-hydrogen) atoms. The molecule has 5 heteroatoms. The predicted octanol–water partition coefficient (Wildman–Crippen LogP) is 8.07. The summed E-state index contributed by atoms with van der Waals surface area (Å²) in [5.74, 6) is -0.671. The van der Waals surface area contributed by atoms with E-state index in [0.29, 0.717) is 18.0 Å². The van der Waals surface area contributed by atoms with Crippen LogP contribution in [0.2, 0.25) is 0 Å². The molecule has 2 fully saturated rings. The molecule has 2 saturated carbocycles. The molecule has 0 unspecified atom stereocenters. The average molecular weight is 598 g/mol. The van der Waals surface area contributed by atoms with Crippen molar-refractivity contribution in [2.24, 2.45) is 22.7 Å². The van der Waals surface area contributed by atoms with Gasteiger partial charge in [0.25, 0.3) is 0 Å². The van der Waals surface area contributed by atoms with Crippen LogP contribution in [0.15, 0.2) is 84.9 Å². The number of benzene rings is 3. The summed E-state index contributed by atoms with van der Waals surface area (Å²) in [5.41, 5.74) is 3.27. The van der Waals surface area contributed by atoms with Crippen LogP contribution in [-0.4, -0.2) is 41.3 Å². The van der Waals surface area contributed by atoms with E-state index in [2.05, 4.69) is 74.2 Å². The molecule has 0 saturated heterocycles. The van der Waals surface area contributed by atoms with Gasteiger partial charge in [0.2, 0.25) is 0 Å². The molecule has 0 amide bonds. The van der Waals surface area contributed by atoms with Gasteiger partial charge in [0.1, 0.15) is 11.5 Å². The number of rotatable bonds is 11. The van der Waals surface area contributed by atoms with Crippen LogP contribution in [0.4, 0.5) is 0 Å². The molecular weight excluding hydrogens is 546 g/mol. The average Bonchev–Trinajstić information content (AvgIpc) is 3.35. The highest BCUT2D eigenvalue weighted by molar-refractivity contribution is 5.75. The van der Waals surface area contributed by atoms with Crippen LogP contribution in [0.3, 0.4) is 0 Å². The van der Waals surface area contributed by atoms with E-state index in [9.17, 15) is 9.90 Å². The first-order valence-electron chi connectivity index (χ1n) is 16.2. The van der Waals surface area contributed by atoms with E-state index >= 15 is 0 Å². The van der Waals surface area contributed by atoms with Crippen LogP contribution < -0.4 is 0 Å². The summed E-state index contributed by atoms with van der Waals surface area (Å²) in [6.07, 6.45) is 2.38. The predicted molar refractivity (Wildman–Crippen MR) is 176 cm³/mol. The van der Waals surface area contributed by atoms with Crippen LogP contribution in [0.1, 0.15) is 88.3 Å². The Morgan fingerprint density at radius 1 is 0.955 bits per heavy atom. The topological polar surface area (TPSA) is 59.0 Å². The van der Waals surface area contributed by atoms with Crippen molar-refractivity contribution in [2.75, 3.05) is 13.7 Å². The number of fused-ring (bicyclic) bond motifs is 2. The Kier molecular flexibility index (Phi) is 9.42. The molecule has 2 bridgehead atoms. The van der Waals surface area contributed by atoms with Gasteiger partial charge in [-0.3, -0.25) is 9.69 Å². The quantitative estimate of drug-likeness (QED) is 0.227. The lowest BCUT2D eigenvalue weighted by Crippen LogP contribution is -2.51. The lowest BCUT2D eigenvalue weighted by molar-refractivity contribution is -0.170. The Morgan fingerprint density at radius 2 is 1.57 bits per heavy atom. The van der Waals surface area contributed by atoms with Crippen molar-refractivity contribution in [2.45, 2.75) is 91.2 Å². The molecule has 236 valence electrons. The van der Waals surface area contributed by atoms with E-state index < -0.39 is 29.6 Å². The number of methoxy groups -OCH3 is 1. The maximum Gasteiger partial charge on any atom is 0.314 e. The maximum atomic E-state index is 14.4. The number of aliphatic hydroxyl groups is 1. The van der Waals surface area contributed by atoms with Gasteiger partial charge in [-0.05, 0) is 75.0 Å². The van der Waals surface area contributed by atoms with Crippen molar-refractivity contribution in [3.8, 4) is 0 Å². The van der Waals surface area contributed by atoms with Crippen molar-refractivity contribution in [1.29, 1.82) is 0 Å². The zero-order valence-electron chi connectivity index (χ0n) is 27.6. The molecule has 0 heterocycles. The van der Waals surface area contributed by atoms with Crippen molar-refractivity contribution < 1.29 is 19.4 Å². The van der Waals surface area contributed by atoms with E-state index in [1.54, 1.807) is 0 Å². The van der Waals surface area contributed by atoms with Gasteiger partial charge < -0.3 is 14.6 Å². The molecule has 0 radical (unpaired) electrons. The van der Waals surface area contributed by atoms with Crippen LogP contribution in [-0.2, 0) is 20.8 Å². The number of hydrogen-bond donors (Lipinski definition) is 1. The second-order valence-electron chi connectivity index (χ2n) is 14.7. The first-order chi connectivity index (χ1) is 20.9. The minimum atomic E-state index is -1.07. The molecule has 0 spiro atoms. The fourth-order valence-electron chi connectivity index (χ4n) is 8.20. The first-order valence-corrected chi connectivity index (χ1v) is 16.2. The summed E-state index contributed by atoms with van der Waals surface area (Å²) >= 11 is 0. The molecule has 0 aromatic heterocycles. The molecule has 5 nitrogen and oxygen atoms in total. The lowest BCUT2D eigenvalue weighted by Gasteiger charge is -2.48. The van der Waals surface area contributed by atoms with Crippen molar-refractivity contribution in [3.05, 3.63) is 107 Å². The van der Waals surface area contributed by atoms with Gasteiger partial charge in [-0.1, -0.05) is 104 Å². The third-order valence-electron chi connectivity index (χ3n) is 10.7. The fraction of sp³-hybridized carbons (Fsp3) is 0.513. The number of esters is 1. The second kappa shape index (κ2) is 12.8. The highest BCUT2D eigenvalue weighted by Crippen LogP contribution is 2.67. The third kappa shape index (κ3) is 6.38. The molecule has 2 aliphatic rings. The number of aryl methyl sites for hydroxylation is 1. The van der Waals surface area contributed by atoms with Crippen molar-refractivity contribution >= 4 is 5.97 Å². The first kappa shape index (κ1) is 32.4. The van der Waals surface area contributed by atoms with Crippen LogP contribution in [0, 0.1) is 29.6 Å². The molecule has 0 aliphatic heterocycles. The molecule has 6 atom stereocenters. The number of carbonyl (C=O) groups excluding carboxylic acids is 1.